The van der Waals surface area contributed by atoms with E-state index in [4.69, 9.17) is 4.74 Å². The maximum absolute atomic E-state index is 11.3. The van der Waals surface area contributed by atoms with Crippen molar-refractivity contribution in [3.63, 3.8) is 0 Å². The minimum absolute atomic E-state index is 0.426. The quantitative estimate of drug-likeness (QED) is 0.653. The van der Waals surface area contributed by atoms with Crippen LogP contribution in [0.2, 0.25) is 0 Å². The van der Waals surface area contributed by atoms with E-state index in [-0.39, 0.29) is 0 Å². The fraction of sp³-hybridized carbons (Fsp3) is 0.500. The van der Waals surface area contributed by atoms with Crippen LogP contribution >= 0.6 is 0 Å². The second kappa shape index (κ2) is 6.74. The lowest BCUT2D eigenvalue weighted by molar-refractivity contribution is 0.0529. The van der Waals surface area contributed by atoms with Crippen molar-refractivity contribution >= 4 is 6.09 Å². The molecular weight excluding hydrogens is 242 g/mol. The Bertz CT molecular complexity index is 478. The molecule has 1 N–H and O–H groups in total. The third-order valence-corrected chi connectivity index (χ3v) is 1.93. The van der Waals surface area contributed by atoms with Crippen LogP contribution in [0.4, 0.5) is 4.79 Å². The fourth-order valence-electron chi connectivity index (χ4n) is 1.16. The molecule has 0 fully saturated rings. The molecule has 5 nitrogen and oxygen atoms in total. The average molecular weight is 261 g/mol. The minimum atomic E-state index is -0.479. The zero-order chi connectivity index (χ0) is 14.3. The van der Waals surface area contributed by atoms with Gasteiger partial charge >= 0.3 is 6.09 Å². The van der Waals surface area contributed by atoms with Gasteiger partial charge in [0.15, 0.2) is 0 Å². The maximum Gasteiger partial charge on any atom is 0.407 e. The zero-order valence-electron chi connectivity index (χ0n) is 11.8. The van der Waals surface area contributed by atoms with E-state index < -0.39 is 11.7 Å². The van der Waals surface area contributed by atoms with Crippen LogP contribution in [0.5, 0.6) is 0 Å². The van der Waals surface area contributed by atoms with Crippen molar-refractivity contribution in [2.75, 3.05) is 6.54 Å². The van der Waals surface area contributed by atoms with Crippen LogP contribution in [0.1, 0.15) is 38.6 Å². The van der Waals surface area contributed by atoms with E-state index in [2.05, 4.69) is 27.4 Å². The molecule has 0 aromatic carbocycles. The van der Waals surface area contributed by atoms with Gasteiger partial charge in [-0.25, -0.2) is 4.79 Å². The van der Waals surface area contributed by atoms with Crippen molar-refractivity contribution in [2.45, 2.75) is 39.7 Å². The van der Waals surface area contributed by atoms with Gasteiger partial charge in [0, 0.05) is 13.0 Å². The number of rotatable bonds is 2. The van der Waals surface area contributed by atoms with Crippen LogP contribution in [0.25, 0.3) is 0 Å². The number of nitrogens with zero attached hydrogens (tertiary/aromatic N) is 2. The molecule has 1 heterocycles. The summed E-state index contributed by atoms with van der Waals surface area (Å²) in [5.74, 6) is 5.79. The lowest BCUT2D eigenvalue weighted by Gasteiger charge is -2.19. The molecule has 102 valence electrons. The van der Waals surface area contributed by atoms with Crippen LogP contribution in [0, 0.1) is 18.8 Å². The van der Waals surface area contributed by atoms with E-state index in [1.54, 1.807) is 0 Å². The third-order valence-electron chi connectivity index (χ3n) is 1.93. The van der Waals surface area contributed by atoms with Crippen molar-refractivity contribution in [3.05, 3.63) is 23.5 Å². The standard InChI is InChI=1S/C14H19N3O2/c1-11-8-9-12(17-16-11)7-5-6-10-15-13(18)19-14(2,3)4/h8-9H,6,10H2,1-4H3,(H,15,18). The van der Waals surface area contributed by atoms with Crippen molar-refractivity contribution < 1.29 is 9.53 Å². The summed E-state index contributed by atoms with van der Waals surface area (Å²) in [4.78, 5) is 11.3. The molecule has 0 aliphatic heterocycles. The Morgan fingerprint density at radius 1 is 1.37 bits per heavy atom. The summed E-state index contributed by atoms with van der Waals surface area (Å²) in [6.07, 6.45) is 0.110. The molecule has 1 aromatic rings. The zero-order valence-corrected chi connectivity index (χ0v) is 11.8. The number of alkyl carbamates (subject to hydrolysis) is 1. The van der Waals surface area contributed by atoms with E-state index in [1.165, 1.54) is 0 Å². The molecule has 19 heavy (non-hydrogen) atoms. The highest BCUT2D eigenvalue weighted by Gasteiger charge is 2.15. The lowest BCUT2D eigenvalue weighted by atomic mass is 10.2. The molecule has 1 amide bonds. The minimum Gasteiger partial charge on any atom is -0.444 e. The normalized spacial score (nSPS) is 10.3. The molecule has 0 unspecified atom stereocenters. The fourth-order valence-corrected chi connectivity index (χ4v) is 1.16. The highest BCUT2D eigenvalue weighted by molar-refractivity contribution is 5.67. The van der Waals surface area contributed by atoms with Gasteiger partial charge in [-0.3, -0.25) is 0 Å². The Morgan fingerprint density at radius 2 is 2.11 bits per heavy atom. The summed E-state index contributed by atoms with van der Waals surface area (Å²) < 4.78 is 5.10. The Hall–Kier alpha value is -2.09. The number of hydrogen-bond donors (Lipinski definition) is 1. The molecule has 0 bridgehead atoms. The van der Waals surface area contributed by atoms with Gasteiger partial charge in [0.1, 0.15) is 11.3 Å². The van der Waals surface area contributed by atoms with Crippen molar-refractivity contribution in [1.82, 2.24) is 15.5 Å². The number of carbonyl (C=O) groups excluding carboxylic acids is 1. The monoisotopic (exact) mass is 261 g/mol. The number of aromatic nitrogens is 2. The Balaban J connectivity index is 2.28. The molecule has 0 saturated carbocycles. The smallest absolute Gasteiger partial charge is 0.407 e. The van der Waals surface area contributed by atoms with Gasteiger partial charge in [0.25, 0.3) is 0 Å². The summed E-state index contributed by atoms with van der Waals surface area (Å²) in [5, 5.41) is 10.5. The number of ether oxygens (including phenoxy) is 1. The van der Waals surface area contributed by atoms with Crippen molar-refractivity contribution in [1.29, 1.82) is 0 Å². The Morgan fingerprint density at radius 3 is 2.68 bits per heavy atom. The van der Waals surface area contributed by atoms with E-state index in [0.29, 0.717) is 18.7 Å². The van der Waals surface area contributed by atoms with Gasteiger partial charge in [-0.1, -0.05) is 5.92 Å². The predicted molar refractivity (Wildman–Crippen MR) is 72.5 cm³/mol. The molecular formula is C14H19N3O2. The van der Waals surface area contributed by atoms with Crippen molar-refractivity contribution in [2.24, 2.45) is 0 Å². The average Bonchev–Trinajstić information content (AvgIpc) is 2.29. The first-order valence-electron chi connectivity index (χ1n) is 6.13. The predicted octanol–water partition coefficient (Wildman–Crippen LogP) is 2.05. The molecule has 0 aliphatic rings. The van der Waals surface area contributed by atoms with Gasteiger partial charge < -0.3 is 10.1 Å². The van der Waals surface area contributed by atoms with E-state index in [1.807, 2.05) is 39.8 Å². The van der Waals surface area contributed by atoms with Gasteiger partial charge in [0.2, 0.25) is 0 Å². The Labute approximate surface area is 113 Å². The van der Waals surface area contributed by atoms with Crippen LogP contribution in [-0.4, -0.2) is 28.4 Å². The molecule has 5 heteroatoms. The highest BCUT2D eigenvalue weighted by atomic mass is 16.6. The van der Waals surface area contributed by atoms with Gasteiger partial charge in [-0.15, -0.1) is 5.10 Å². The molecule has 1 rings (SSSR count). The summed E-state index contributed by atoms with van der Waals surface area (Å²) >= 11 is 0. The number of carbonyl (C=O) groups is 1. The first kappa shape index (κ1) is 15.0. The Kier molecular flexibility index (Phi) is 5.31. The lowest BCUT2D eigenvalue weighted by Crippen LogP contribution is -2.32. The first-order valence-corrected chi connectivity index (χ1v) is 6.13. The summed E-state index contributed by atoms with van der Waals surface area (Å²) in [6.45, 7) is 7.78. The SMILES string of the molecule is Cc1ccc(C#CCCNC(=O)OC(C)(C)C)nn1. The van der Waals surface area contributed by atoms with Gasteiger partial charge in [0.05, 0.1) is 5.69 Å². The van der Waals surface area contributed by atoms with Gasteiger partial charge in [-0.05, 0) is 45.7 Å². The highest BCUT2D eigenvalue weighted by Crippen LogP contribution is 2.06. The molecule has 0 atom stereocenters. The second-order valence-corrected chi connectivity index (χ2v) is 5.04. The van der Waals surface area contributed by atoms with Crippen molar-refractivity contribution in [3.8, 4) is 11.8 Å². The maximum atomic E-state index is 11.3. The first-order chi connectivity index (χ1) is 8.87. The molecule has 0 spiro atoms. The number of nitrogens with one attached hydrogen (secondary N) is 1. The third kappa shape index (κ3) is 7.04. The number of hydrogen-bond acceptors (Lipinski definition) is 4. The van der Waals surface area contributed by atoms with Crippen LogP contribution in [0.15, 0.2) is 12.1 Å². The largest absolute Gasteiger partial charge is 0.444 e. The second-order valence-electron chi connectivity index (χ2n) is 5.04. The van der Waals surface area contributed by atoms with E-state index >= 15 is 0 Å². The summed E-state index contributed by atoms with van der Waals surface area (Å²) in [5.41, 5.74) is 1.01. The topological polar surface area (TPSA) is 64.1 Å². The van der Waals surface area contributed by atoms with Crippen LogP contribution < -0.4 is 5.32 Å². The molecule has 0 aliphatic carbocycles. The number of aryl methyl sites for hydroxylation is 1. The summed E-state index contributed by atoms with van der Waals surface area (Å²) in [7, 11) is 0. The summed E-state index contributed by atoms with van der Waals surface area (Å²) in [6, 6.07) is 3.67. The van der Waals surface area contributed by atoms with Gasteiger partial charge in [-0.2, -0.15) is 5.10 Å². The van der Waals surface area contributed by atoms with E-state index in [0.717, 1.165) is 5.69 Å². The van der Waals surface area contributed by atoms with Crippen LogP contribution in [-0.2, 0) is 4.74 Å². The molecule has 1 aromatic heterocycles. The van der Waals surface area contributed by atoms with Crippen LogP contribution in [0.3, 0.4) is 0 Å². The van der Waals surface area contributed by atoms with E-state index in [9.17, 15) is 4.79 Å². The molecule has 0 saturated heterocycles. The number of amides is 1. The molecule has 0 radical (unpaired) electrons.